The van der Waals surface area contributed by atoms with Crippen molar-refractivity contribution < 1.29 is 14.0 Å². The van der Waals surface area contributed by atoms with Crippen molar-refractivity contribution in [1.82, 2.24) is 14.9 Å². The third kappa shape index (κ3) is 2.56. The van der Waals surface area contributed by atoms with Crippen LogP contribution in [0.5, 0.6) is 0 Å². The number of hydrogen-bond donors (Lipinski definition) is 2. The van der Waals surface area contributed by atoms with Crippen LogP contribution in [0.2, 0.25) is 0 Å². The van der Waals surface area contributed by atoms with E-state index >= 15 is 0 Å². The van der Waals surface area contributed by atoms with Gasteiger partial charge in [-0.15, -0.1) is 0 Å². The first-order chi connectivity index (χ1) is 9.43. The fourth-order valence-corrected chi connectivity index (χ4v) is 1.84. The molecule has 3 N–H and O–H groups in total. The van der Waals surface area contributed by atoms with Crippen LogP contribution in [0.15, 0.2) is 35.2 Å². The van der Waals surface area contributed by atoms with E-state index in [-0.39, 0.29) is 18.3 Å². The van der Waals surface area contributed by atoms with Crippen molar-refractivity contribution in [3.63, 3.8) is 0 Å². The van der Waals surface area contributed by atoms with E-state index in [0.29, 0.717) is 5.76 Å². The molecule has 0 atom stereocenters. The number of aromatic nitrogens is 2. The highest BCUT2D eigenvalue weighted by Gasteiger charge is 2.32. The van der Waals surface area contributed by atoms with E-state index < -0.39 is 11.4 Å². The fraction of sp³-hybridized carbons (Fsp3) is 0.308. The summed E-state index contributed by atoms with van der Waals surface area (Å²) < 4.78 is 6.59. The van der Waals surface area contributed by atoms with Crippen molar-refractivity contribution in [1.29, 1.82) is 0 Å². The van der Waals surface area contributed by atoms with E-state index in [2.05, 4.69) is 10.3 Å². The average molecular weight is 276 g/mol. The van der Waals surface area contributed by atoms with Gasteiger partial charge in [0.2, 0.25) is 5.91 Å². The Hall–Kier alpha value is -2.57. The third-order valence-corrected chi connectivity index (χ3v) is 3.02. The molecule has 0 aliphatic carbocycles. The maximum Gasteiger partial charge on any atom is 0.284 e. The number of primary amides is 1. The molecule has 0 aliphatic rings. The van der Waals surface area contributed by atoms with Crippen LogP contribution in [0.25, 0.3) is 0 Å². The summed E-state index contributed by atoms with van der Waals surface area (Å²) in [6.07, 6.45) is 4.52. The summed E-state index contributed by atoms with van der Waals surface area (Å²) >= 11 is 0. The first-order valence-corrected chi connectivity index (χ1v) is 6.07. The minimum Gasteiger partial charge on any atom is -0.467 e. The van der Waals surface area contributed by atoms with Gasteiger partial charge >= 0.3 is 0 Å². The summed E-state index contributed by atoms with van der Waals surface area (Å²) in [5.74, 6) is -0.255. The average Bonchev–Trinajstić information content (AvgIpc) is 3.06. The number of imidazole rings is 1. The van der Waals surface area contributed by atoms with Crippen molar-refractivity contribution >= 4 is 11.8 Å². The van der Waals surface area contributed by atoms with E-state index in [9.17, 15) is 9.59 Å². The number of nitrogens with one attached hydrogen (secondary N) is 1. The molecule has 0 unspecified atom stereocenters. The number of furan rings is 1. The zero-order valence-corrected chi connectivity index (χ0v) is 11.3. The molecule has 0 aliphatic heterocycles. The number of nitrogens with zero attached hydrogens (tertiary/aromatic N) is 2. The maximum absolute atomic E-state index is 12.3. The number of carbonyl (C=O) groups excluding carboxylic acids is 2. The van der Waals surface area contributed by atoms with Gasteiger partial charge in [-0.05, 0) is 26.0 Å². The zero-order valence-electron chi connectivity index (χ0n) is 11.3. The van der Waals surface area contributed by atoms with Crippen LogP contribution in [0.4, 0.5) is 0 Å². The number of nitrogens with two attached hydrogens (primary N) is 1. The molecule has 20 heavy (non-hydrogen) atoms. The van der Waals surface area contributed by atoms with E-state index in [4.69, 9.17) is 10.2 Å². The van der Waals surface area contributed by atoms with Gasteiger partial charge in [-0.1, -0.05) is 0 Å². The Labute approximate surface area is 115 Å². The highest BCUT2D eigenvalue weighted by atomic mass is 16.3. The zero-order chi connectivity index (χ0) is 14.8. The van der Waals surface area contributed by atoms with Gasteiger partial charge in [0, 0.05) is 12.4 Å². The molecule has 0 bridgehead atoms. The molecule has 0 radical (unpaired) electrons. The van der Waals surface area contributed by atoms with Gasteiger partial charge in [-0.2, -0.15) is 0 Å². The van der Waals surface area contributed by atoms with E-state index in [0.717, 1.165) is 0 Å². The number of hydrogen-bond acceptors (Lipinski definition) is 4. The molecule has 2 aromatic heterocycles. The minimum atomic E-state index is -0.993. The highest BCUT2D eigenvalue weighted by Crippen LogP contribution is 2.17. The Bertz CT molecular complexity index is 613. The van der Waals surface area contributed by atoms with Crippen molar-refractivity contribution in [2.75, 3.05) is 0 Å². The van der Waals surface area contributed by atoms with Gasteiger partial charge in [-0.3, -0.25) is 9.59 Å². The molecular formula is C13H16N4O3. The second-order valence-corrected chi connectivity index (χ2v) is 4.81. The first kappa shape index (κ1) is 13.9. The Balaban J connectivity index is 2.14. The van der Waals surface area contributed by atoms with Crippen molar-refractivity contribution in [3.8, 4) is 0 Å². The SMILES string of the molecule is CC(C)(C(=O)NCc1ccco1)n1ccnc1C(N)=O. The molecule has 7 nitrogen and oxygen atoms in total. The summed E-state index contributed by atoms with van der Waals surface area (Å²) in [6, 6.07) is 3.51. The van der Waals surface area contributed by atoms with Gasteiger partial charge < -0.3 is 20.0 Å². The van der Waals surface area contributed by atoms with Crippen LogP contribution in [0.1, 0.15) is 30.2 Å². The molecular weight excluding hydrogens is 260 g/mol. The lowest BCUT2D eigenvalue weighted by atomic mass is 10.0. The van der Waals surface area contributed by atoms with Gasteiger partial charge in [-0.25, -0.2) is 4.98 Å². The lowest BCUT2D eigenvalue weighted by molar-refractivity contribution is -0.128. The van der Waals surface area contributed by atoms with Gasteiger partial charge in [0.25, 0.3) is 5.91 Å². The molecule has 2 aromatic rings. The molecule has 2 rings (SSSR count). The normalized spacial score (nSPS) is 11.3. The van der Waals surface area contributed by atoms with Crippen LogP contribution in [0.3, 0.4) is 0 Å². The Kier molecular flexibility index (Phi) is 3.60. The monoisotopic (exact) mass is 276 g/mol. The summed E-state index contributed by atoms with van der Waals surface area (Å²) in [5.41, 5.74) is 4.25. The van der Waals surface area contributed by atoms with Crippen LogP contribution < -0.4 is 11.1 Å². The first-order valence-electron chi connectivity index (χ1n) is 6.07. The van der Waals surface area contributed by atoms with Crippen LogP contribution >= 0.6 is 0 Å². The van der Waals surface area contributed by atoms with Crippen molar-refractivity contribution in [3.05, 3.63) is 42.4 Å². The summed E-state index contributed by atoms with van der Waals surface area (Å²) in [4.78, 5) is 27.4. The molecule has 0 aromatic carbocycles. The minimum absolute atomic E-state index is 0.0446. The van der Waals surface area contributed by atoms with Gasteiger partial charge in [0.15, 0.2) is 5.82 Å². The lowest BCUT2D eigenvalue weighted by Crippen LogP contribution is -2.45. The predicted molar refractivity (Wildman–Crippen MR) is 70.6 cm³/mol. The smallest absolute Gasteiger partial charge is 0.284 e. The number of amides is 2. The van der Waals surface area contributed by atoms with Crippen molar-refractivity contribution in [2.24, 2.45) is 5.73 Å². The lowest BCUT2D eigenvalue weighted by Gasteiger charge is -2.26. The second-order valence-electron chi connectivity index (χ2n) is 4.81. The van der Waals surface area contributed by atoms with Crippen molar-refractivity contribution in [2.45, 2.75) is 25.9 Å². The topological polar surface area (TPSA) is 103 Å². The standard InChI is InChI=1S/C13H16N4O3/c1-13(2,17-6-5-15-11(17)10(14)18)12(19)16-8-9-4-3-7-20-9/h3-7H,8H2,1-2H3,(H2,14,18)(H,16,19). The van der Waals surface area contributed by atoms with Crippen LogP contribution in [-0.2, 0) is 16.9 Å². The molecule has 2 amide bonds. The fourth-order valence-electron chi connectivity index (χ4n) is 1.84. The summed E-state index contributed by atoms with van der Waals surface area (Å²) in [5, 5.41) is 2.75. The molecule has 2 heterocycles. The molecule has 0 saturated carbocycles. The second kappa shape index (κ2) is 5.20. The molecule has 0 saturated heterocycles. The molecule has 106 valence electrons. The number of rotatable bonds is 5. The third-order valence-electron chi connectivity index (χ3n) is 3.02. The Morgan fingerprint density at radius 2 is 2.25 bits per heavy atom. The Morgan fingerprint density at radius 3 is 2.85 bits per heavy atom. The quantitative estimate of drug-likeness (QED) is 0.835. The molecule has 7 heteroatoms. The van der Waals surface area contributed by atoms with Gasteiger partial charge in [0.1, 0.15) is 11.3 Å². The van der Waals surface area contributed by atoms with E-state index in [1.54, 1.807) is 32.2 Å². The Morgan fingerprint density at radius 1 is 1.50 bits per heavy atom. The predicted octanol–water partition coefficient (Wildman–Crippen LogP) is 0.626. The van der Waals surface area contributed by atoms with Crippen LogP contribution in [0, 0.1) is 0 Å². The maximum atomic E-state index is 12.3. The molecule has 0 spiro atoms. The summed E-state index contributed by atoms with van der Waals surface area (Å²) in [7, 11) is 0. The molecule has 0 fully saturated rings. The van der Waals surface area contributed by atoms with Gasteiger partial charge in [0.05, 0.1) is 12.8 Å². The highest BCUT2D eigenvalue weighted by molar-refractivity contribution is 5.91. The largest absolute Gasteiger partial charge is 0.467 e. The summed E-state index contributed by atoms with van der Waals surface area (Å²) in [6.45, 7) is 3.63. The van der Waals surface area contributed by atoms with E-state index in [1.165, 1.54) is 17.0 Å². The number of carbonyl (C=O) groups is 2. The van der Waals surface area contributed by atoms with E-state index in [1.807, 2.05) is 0 Å². The van der Waals surface area contributed by atoms with Crippen LogP contribution in [-0.4, -0.2) is 21.4 Å².